The summed E-state index contributed by atoms with van der Waals surface area (Å²) in [5, 5.41) is 13.2. The number of nitrogens with zero attached hydrogens (tertiary/aromatic N) is 4. The monoisotopic (exact) mass is 566 g/mol. The van der Waals surface area contributed by atoms with Gasteiger partial charge in [0.2, 0.25) is 17.6 Å². The van der Waals surface area contributed by atoms with Gasteiger partial charge in [-0.1, -0.05) is 65.0 Å². The van der Waals surface area contributed by atoms with Gasteiger partial charge in [0, 0.05) is 5.41 Å². The summed E-state index contributed by atoms with van der Waals surface area (Å²) < 4.78 is 11.6. The average Bonchev–Trinajstić information content (AvgIpc) is 3.41. The Balaban J connectivity index is 1.90. The Kier molecular flexibility index (Phi) is 9.15. The highest BCUT2D eigenvalue weighted by molar-refractivity contribution is 5.98. The lowest BCUT2D eigenvalue weighted by molar-refractivity contribution is -0.122. The summed E-state index contributed by atoms with van der Waals surface area (Å²) in [4.78, 5) is 56.5. The van der Waals surface area contributed by atoms with Crippen LogP contribution in [0.2, 0.25) is 0 Å². The van der Waals surface area contributed by atoms with Crippen LogP contribution in [0.3, 0.4) is 0 Å². The summed E-state index contributed by atoms with van der Waals surface area (Å²) in [6, 6.07) is 8.57. The minimum Gasteiger partial charge on any atom is -0.453 e. The molecule has 0 aliphatic carbocycles. The second kappa shape index (κ2) is 12.0. The van der Waals surface area contributed by atoms with Gasteiger partial charge in [-0.3, -0.25) is 24.3 Å². The molecular formula is C29H38N6O6. The quantitative estimate of drug-likeness (QED) is 0.368. The molecule has 2 N–H and O–H groups in total. The van der Waals surface area contributed by atoms with Gasteiger partial charge in [0.05, 0.1) is 24.3 Å². The SMILES string of the molecule is COC(=O)Nc1c(C)nc(C(C)(C)C)n(CC(=O)NC(C(=O)c2nnc(C(C)(C)c3ccccc3)o2)C(C)C)c1=O. The first-order valence-electron chi connectivity index (χ1n) is 13.3. The third-order valence-electron chi connectivity index (χ3n) is 6.67. The Morgan fingerprint density at radius 3 is 2.24 bits per heavy atom. The van der Waals surface area contributed by atoms with Crippen LogP contribution in [0.5, 0.6) is 0 Å². The fraction of sp³-hybridized carbons (Fsp3) is 0.483. The smallest absolute Gasteiger partial charge is 0.411 e. The van der Waals surface area contributed by atoms with Crippen molar-refractivity contribution in [3.8, 4) is 0 Å². The summed E-state index contributed by atoms with van der Waals surface area (Å²) >= 11 is 0. The molecule has 0 saturated heterocycles. The number of aromatic nitrogens is 4. The molecule has 2 heterocycles. The fourth-order valence-corrected chi connectivity index (χ4v) is 4.26. The lowest BCUT2D eigenvalue weighted by atomic mass is 9.85. The zero-order chi connectivity index (χ0) is 30.7. The average molecular weight is 567 g/mol. The molecule has 12 heteroatoms. The van der Waals surface area contributed by atoms with Crippen molar-refractivity contribution < 1.29 is 23.5 Å². The van der Waals surface area contributed by atoms with Gasteiger partial charge in [-0.05, 0) is 32.3 Å². The van der Waals surface area contributed by atoms with Crippen LogP contribution in [0.4, 0.5) is 10.5 Å². The molecule has 220 valence electrons. The van der Waals surface area contributed by atoms with Crippen LogP contribution in [0, 0.1) is 12.8 Å². The van der Waals surface area contributed by atoms with Crippen LogP contribution in [-0.2, 0) is 26.9 Å². The van der Waals surface area contributed by atoms with E-state index in [1.54, 1.807) is 20.8 Å². The lowest BCUT2D eigenvalue weighted by Crippen LogP contribution is -2.47. The number of hydrogen-bond acceptors (Lipinski definition) is 9. The van der Waals surface area contributed by atoms with Crippen LogP contribution in [0.25, 0.3) is 0 Å². The molecule has 41 heavy (non-hydrogen) atoms. The van der Waals surface area contributed by atoms with Crippen LogP contribution >= 0.6 is 0 Å². The van der Waals surface area contributed by atoms with Crippen molar-refractivity contribution in [2.75, 3.05) is 12.4 Å². The number of ether oxygens (including phenoxy) is 1. The second-order valence-electron chi connectivity index (χ2n) is 11.7. The predicted octanol–water partition coefficient (Wildman–Crippen LogP) is 3.76. The molecule has 1 unspecified atom stereocenters. The van der Waals surface area contributed by atoms with E-state index in [-0.39, 0.29) is 29.1 Å². The predicted molar refractivity (Wildman–Crippen MR) is 152 cm³/mol. The lowest BCUT2D eigenvalue weighted by Gasteiger charge is -2.25. The first kappa shape index (κ1) is 31.2. The third-order valence-corrected chi connectivity index (χ3v) is 6.67. The molecule has 0 fully saturated rings. The van der Waals surface area contributed by atoms with E-state index in [0.717, 1.165) is 5.56 Å². The Morgan fingerprint density at radius 2 is 1.68 bits per heavy atom. The highest BCUT2D eigenvalue weighted by Gasteiger charge is 2.34. The molecule has 0 bridgehead atoms. The van der Waals surface area contributed by atoms with Crippen molar-refractivity contribution in [1.82, 2.24) is 25.1 Å². The van der Waals surface area contributed by atoms with Crippen molar-refractivity contribution in [1.29, 1.82) is 0 Å². The summed E-state index contributed by atoms with van der Waals surface area (Å²) in [6.45, 7) is 14.0. The van der Waals surface area contributed by atoms with E-state index in [4.69, 9.17) is 4.42 Å². The number of nitrogens with one attached hydrogen (secondary N) is 2. The molecular weight excluding hydrogens is 528 g/mol. The van der Waals surface area contributed by atoms with E-state index in [9.17, 15) is 19.2 Å². The summed E-state index contributed by atoms with van der Waals surface area (Å²) in [6.07, 6.45) is -0.841. The van der Waals surface area contributed by atoms with Crippen molar-refractivity contribution in [2.24, 2.45) is 5.92 Å². The number of carbonyl (C=O) groups is 3. The zero-order valence-electron chi connectivity index (χ0n) is 25.0. The highest BCUT2D eigenvalue weighted by Crippen LogP contribution is 2.30. The third kappa shape index (κ3) is 6.87. The Hall–Kier alpha value is -4.35. The van der Waals surface area contributed by atoms with E-state index in [1.165, 1.54) is 11.7 Å². The first-order chi connectivity index (χ1) is 19.1. The summed E-state index contributed by atoms with van der Waals surface area (Å²) in [5.74, 6) is -1.12. The highest BCUT2D eigenvalue weighted by atomic mass is 16.5. The topological polar surface area (TPSA) is 158 Å². The number of methoxy groups -OCH3 is 1. The van der Waals surface area contributed by atoms with E-state index in [1.807, 2.05) is 65.0 Å². The molecule has 12 nitrogen and oxygen atoms in total. The minimum absolute atomic E-state index is 0.103. The maximum absolute atomic E-state index is 13.4. The Labute approximate surface area is 238 Å². The number of aryl methyl sites for hydroxylation is 1. The van der Waals surface area contributed by atoms with Gasteiger partial charge in [-0.25, -0.2) is 9.78 Å². The number of ketones is 1. The number of carbonyl (C=O) groups excluding carboxylic acids is 3. The van der Waals surface area contributed by atoms with E-state index >= 15 is 0 Å². The van der Waals surface area contributed by atoms with Crippen LogP contribution in [0.1, 0.15) is 82.1 Å². The standard InChI is InChI=1S/C29H38N6O6/c1-16(2)20(22(37)23-33-34-26(41-23)29(7,8)18-13-11-10-12-14-18)31-19(36)15-35-24(38)21(32-27(39)40-9)17(3)30-25(35)28(4,5)6/h10-14,16,20H,15H2,1-9H3,(H,31,36)(H,32,39). The number of amides is 2. The minimum atomic E-state index is -1.00. The molecule has 3 aromatic rings. The van der Waals surface area contributed by atoms with Gasteiger partial charge < -0.3 is 14.5 Å². The molecule has 0 saturated carbocycles. The maximum atomic E-state index is 13.4. The molecule has 0 radical (unpaired) electrons. The van der Waals surface area contributed by atoms with Gasteiger partial charge in [0.25, 0.3) is 11.4 Å². The Bertz CT molecular complexity index is 1480. The van der Waals surface area contributed by atoms with Gasteiger partial charge in [0.1, 0.15) is 18.1 Å². The molecule has 2 aromatic heterocycles. The van der Waals surface area contributed by atoms with Crippen molar-refractivity contribution in [3.63, 3.8) is 0 Å². The molecule has 0 spiro atoms. The fourth-order valence-electron chi connectivity index (χ4n) is 4.26. The summed E-state index contributed by atoms with van der Waals surface area (Å²) in [7, 11) is 1.17. The van der Waals surface area contributed by atoms with Gasteiger partial charge in [-0.2, -0.15) is 0 Å². The Morgan fingerprint density at radius 1 is 1.05 bits per heavy atom. The molecule has 1 aromatic carbocycles. The molecule has 1 atom stereocenters. The molecule has 0 aliphatic rings. The van der Waals surface area contributed by atoms with Crippen LogP contribution in [-0.4, -0.2) is 50.7 Å². The first-order valence-corrected chi connectivity index (χ1v) is 13.3. The van der Waals surface area contributed by atoms with E-state index in [2.05, 4.69) is 30.6 Å². The normalized spacial score (nSPS) is 12.6. The summed E-state index contributed by atoms with van der Waals surface area (Å²) in [5.41, 5.74) is -0.782. The van der Waals surface area contributed by atoms with Crippen molar-refractivity contribution in [3.05, 3.63) is 69.5 Å². The van der Waals surface area contributed by atoms with Gasteiger partial charge >= 0.3 is 6.09 Å². The largest absolute Gasteiger partial charge is 0.453 e. The van der Waals surface area contributed by atoms with Gasteiger partial charge in [0.15, 0.2) is 0 Å². The van der Waals surface area contributed by atoms with Crippen molar-refractivity contribution >= 4 is 23.5 Å². The molecule has 3 rings (SSSR count). The van der Waals surface area contributed by atoms with Crippen molar-refractivity contribution in [2.45, 2.75) is 78.8 Å². The molecule has 0 aliphatic heterocycles. The number of rotatable bonds is 9. The van der Waals surface area contributed by atoms with E-state index < -0.39 is 46.8 Å². The van der Waals surface area contributed by atoms with E-state index in [0.29, 0.717) is 5.82 Å². The number of benzene rings is 1. The number of anilines is 1. The van der Waals surface area contributed by atoms with Crippen LogP contribution < -0.4 is 16.2 Å². The van der Waals surface area contributed by atoms with Gasteiger partial charge in [-0.15, -0.1) is 10.2 Å². The number of Topliss-reactive ketones (excluding diaryl/α,β-unsaturated/α-hetero) is 1. The molecule has 2 amide bonds. The zero-order valence-corrected chi connectivity index (χ0v) is 25.0. The van der Waals surface area contributed by atoms with Crippen LogP contribution in [0.15, 0.2) is 39.5 Å². The second-order valence-corrected chi connectivity index (χ2v) is 11.7. The maximum Gasteiger partial charge on any atom is 0.411 e. The number of hydrogen-bond donors (Lipinski definition) is 2.